The largest absolute Gasteiger partial charge is 0.490 e. The Kier molecular flexibility index (Phi) is 7.83. The van der Waals surface area contributed by atoms with Gasteiger partial charge in [-0.1, -0.05) is 12.1 Å². The highest BCUT2D eigenvalue weighted by atomic mass is 16.6. The Hall–Kier alpha value is -3.94. The van der Waals surface area contributed by atoms with E-state index in [1.165, 1.54) is 0 Å². The van der Waals surface area contributed by atoms with Crippen molar-refractivity contribution < 1.29 is 33.3 Å². The fourth-order valence-electron chi connectivity index (χ4n) is 4.19. The van der Waals surface area contributed by atoms with Crippen LogP contribution in [-0.4, -0.2) is 48.9 Å². The highest BCUT2D eigenvalue weighted by molar-refractivity contribution is 6.00. The molecule has 1 unspecified atom stereocenters. The molecule has 0 amide bonds. The molecule has 1 aliphatic heterocycles. The first-order valence-corrected chi connectivity index (χ1v) is 12.1. The summed E-state index contributed by atoms with van der Waals surface area (Å²) in [7, 11) is 0. The first-order chi connectivity index (χ1) is 17.4. The van der Waals surface area contributed by atoms with E-state index in [1.54, 1.807) is 18.2 Å². The van der Waals surface area contributed by atoms with E-state index in [0.29, 0.717) is 49.2 Å². The van der Waals surface area contributed by atoms with Crippen LogP contribution in [0.25, 0.3) is 0 Å². The molecule has 2 heterocycles. The molecule has 0 saturated heterocycles. The number of hydrogen-bond acceptors (Lipinski definition) is 7. The third-order valence-corrected chi connectivity index (χ3v) is 5.94. The quantitative estimate of drug-likeness (QED) is 0.297. The number of rotatable bonds is 10. The Balaban J connectivity index is 1.40. The summed E-state index contributed by atoms with van der Waals surface area (Å²) >= 11 is 0. The average molecular weight is 494 g/mol. The van der Waals surface area contributed by atoms with Gasteiger partial charge in [-0.05, 0) is 64.1 Å². The molecule has 1 atom stereocenters. The molecule has 1 aliphatic rings. The minimum Gasteiger partial charge on any atom is -0.490 e. The molecule has 0 saturated carbocycles. The average Bonchev–Trinajstić information content (AvgIpc) is 3.16. The lowest BCUT2D eigenvalue weighted by Crippen LogP contribution is -2.33. The van der Waals surface area contributed by atoms with Crippen LogP contribution in [0.15, 0.2) is 48.5 Å². The molecule has 4 rings (SSSR count). The number of esters is 1. The van der Waals surface area contributed by atoms with E-state index in [-0.39, 0.29) is 24.1 Å². The maximum atomic E-state index is 12.9. The van der Waals surface area contributed by atoms with Crippen molar-refractivity contribution in [1.82, 2.24) is 4.57 Å². The van der Waals surface area contributed by atoms with Crippen molar-refractivity contribution in [3.63, 3.8) is 0 Å². The number of aromatic nitrogens is 1. The van der Waals surface area contributed by atoms with Gasteiger partial charge in [-0.2, -0.15) is 0 Å². The van der Waals surface area contributed by atoms with Crippen molar-refractivity contribution in [1.29, 1.82) is 0 Å². The van der Waals surface area contributed by atoms with Crippen LogP contribution < -0.4 is 18.9 Å². The molecule has 0 N–H and O–H groups in total. The molecule has 0 radical (unpaired) electrons. The molecule has 1 aromatic heterocycles. The molecule has 2 aromatic carbocycles. The summed E-state index contributed by atoms with van der Waals surface area (Å²) in [6.07, 6.45) is -0.190. The fraction of sp³-hybridized carbons (Fsp3) is 0.357. The van der Waals surface area contributed by atoms with Crippen LogP contribution in [0.3, 0.4) is 0 Å². The zero-order chi connectivity index (χ0) is 25.7. The van der Waals surface area contributed by atoms with Crippen LogP contribution in [0.5, 0.6) is 23.0 Å². The number of ketones is 1. The van der Waals surface area contributed by atoms with Gasteiger partial charge < -0.3 is 28.3 Å². The molecule has 8 heteroatoms. The minimum atomic E-state index is -0.604. The smallest absolute Gasteiger partial charge is 0.338 e. The number of benzene rings is 2. The molecule has 0 bridgehead atoms. The Morgan fingerprint density at radius 1 is 0.972 bits per heavy atom. The van der Waals surface area contributed by atoms with E-state index >= 15 is 0 Å². The monoisotopic (exact) mass is 493 g/mol. The lowest BCUT2D eigenvalue weighted by molar-refractivity contribution is 0.0474. The van der Waals surface area contributed by atoms with Gasteiger partial charge in [0.05, 0.1) is 25.3 Å². The van der Waals surface area contributed by atoms with Gasteiger partial charge in [-0.25, -0.2) is 4.79 Å². The first-order valence-electron chi connectivity index (χ1n) is 12.1. The highest BCUT2D eigenvalue weighted by Gasteiger charge is 2.24. The van der Waals surface area contributed by atoms with Gasteiger partial charge in [0.25, 0.3) is 0 Å². The topological polar surface area (TPSA) is 85.2 Å². The Morgan fingerprint density at radius 3 is 2.44 bits per heavy atom. The van der Waals surface area contributed by atoms with Gasteiger partial charge in [-0.3, -0.25) is 4.79 Å². The second-order valence-electron chi connectivity index (χ2n) is 8.42. The molecular weight excluding hydrogens is 462 g/mol. The van der Waals surface area contributed by atoms with Crippen molar-refractivity contribution in [3.05, 3.63) is 71.0 Å². The van der Waals surface area contributed by atoms with Crippen LogP contribution in [0.1, 0.15) is 46.0 Å². The summed E-state index contributed by atoms with van der Waals surface area (Å²) in [5, 5.41) is 0. The second-order valence-corrected chi connectivity index (χ2v) is 8.42. The lowest BCUT2D eigenvalue weighted by Gasteiger charge is -2.27. The zero-order valence-electron chi connectivity index (χ0n) is 21.0. The Bertz CT molecular complexity index is 1250. The number of fused-ring (bicyclic) bond motifs is 1. The summed E-state index contributed by atoms with van der Waals surface area (Å²) in [5.74, 6) is 1.57. The number of hydrogen-bond donors (Lipinski definition) is 0. The number of Topliss-reactive ketones (excluding diaryl/α,β-unsaturated/α-hetero) is 1. The summed E-state index contributed by atoms with van der Waals surface area (Å²) in [4.78, 5) is 25.6. The number of para-hydroxylation sites is 2. The van der Waals surface area contributed by atoms with Crippen molar-refractivity contribution in [2.75, 3.05) is 26.4 Å². The standard InChI is InChI=1S/C28H31NO7/c1-5-32-25-12-11-20(14-27(25)33-6-2)28(31)35-17-23(30)22-13-18(3)29(19(22)4)15-21-16-34-24-9-7-8-10-26(24)36-21/h7-14,21H,5-6,15-17H2,1-4H3. The van der Waals surface area contributed by atoms with Gasteiger partial charge in [-0.15, -0.1) is 0 Å². The number of ether oxygens (including phenoxy) is 5. The minimum absolute atomic E-state index is 0.190. The van der Waals surface area contributed by atoms with Gasteiger partial charge >= 0.3 is 5.97 Å². The maximum Gasteiger partial charge on any atom is 0.338 e. The zero-order valence-corrected chi connectivity index (χ0v) is 21.0. The van der Waals surface area contributed by atoms with E-state index in [9.17, 15) is 9.59 Å². The molecular formula is C28H31NO7. The van der Waals surface area contributed by atoms with Crippen molar-refractivity contribution in [3.8, 4) is 23.0 Å². The second kappa shape index (κ2) is 11.2. The van der Waals surface area contributed by atoms with E-state index in [2.05, 4.69) is 0 Å². The summed E-state index contributed by atoms with van der Waals surface area (Å²) in [5.41, 5.74) is 2.50. The van der Waals surface area contributed by atoms with Crippen LogP contribution in [0.4, 0.5) is 0 Å². The summed E-state index contributed by atoms with van der Waals surface area (Å²) in [6, 6.07) is 14.2. The van der Waals surface area contributed by atoms with Crippen molar-refractivity contribution >= 4 is 11.8 Å². The van der Waals surface area contributed by atoms with E-state index in [0.717, 1.165) is 17.1 Å². The van der Waals surface area contributed by atoms with Crippen LogP contribution in [0.2, 0.25) is 0 Å². The van der Waals surface area contributed by atoms with Crippen molar-refractivity contribution in [2.45, 2.75) is 40.3 Å². The number of carbonyl (C=O) groups excluding carboxylic acids is 2. The molecule has 36 heavy (non-hydrogen) atoms. The third-order valence-electron chi connectivity index (χ3n) is 5.94. The number of carbonyl (C=O) groups is 2. The summed E-state index contributed by atoms with van der Waals surface area (Å²) in [6.45, 7) is 9.02. The number of nitrogens with zero attached hydrogens (tertiary/aromatic N) is 1. The summed E-state index contributed by atoms with van der Waals surface area (Å²) < 4.78 is 30.3. The predicted molar refractivity (Wildman–Crippen MR) is 134 cm³/mol. The van der Waals surface area contributed by atoms with E-state index in [1.807, 2.05) is 62.6 Å². The molecule has 190 valence electrons. The van der Waals surface area contributed by atoms with Gasteiger partial charge in [0.2, 0.25) is 5.78 Å². The van der Waals surface area contributed by atoms with Crippen LogP contribution >= 0.6 is 0 Å². The molecule has 3 aromatic rings. The lowest BCUT2D eigenvalue weighted by atomic mass is 10.1. The first kappa shape index (κ1) is 25.2. The predicted octanol–water partition coefficient (Wildman–Crippen LogP) is 4.78. The Labute approximate surface area is 210 Å². The van der Waals surface area contributed by atoms with E-state index in [4.69, 9.17) is 23.7 Å². The Morgan fingerprint density at radius 2 is 1.69 bits per heavy atom. The maximum absolute atomic E-state index is 12.9. The van der Waals surface area contributed by atoms with Crippen molar-refractivity contribution in [2.24, 2.45) is 0 Å². The molecule has 0 fully saturated rings. The third kappa shape index (κ3) is 5.48. The van der Waals surface area contributed by atoms with Crippen LogP contribution in [-0.2, 0) is 11.3 Å². The molecule has 8 nitrogen and oxygen atoms in total. The molecule has 0 aliphatic carbocycles. The highest BCUT2D eigenvalue weighted by Crippen LogP contribution is 2.32. The van der Waals surface area contributed by atoms with Gasteiger partial charge in [0.1, 0.15) is 6.61 Å². The van der Waals surface area contributed by atoms with Gasteiger partial charge in [0, 0.05) is 17.0 Å². The number of aryl methyl sites for hydroxylation is 1. The van der Waals surface area contributed by atoms with Gasteiger partial charge in [0.15, 0.2) is 35.7 Å². The molecule has 0 spiro atoms. The van der Waals surface area contributed by atoms with E-state index < -0.39 is 5.97 Å². The van der Waals surface area contributed by atoms with Crippen LogP contribution in [0, 0.1) is 13.8 Å². The fourth-order valence-corrected chi connectivity index (χ4v) is 4.19. The SMILES string of the molecule is CCOc1ccc(C(=O)OCC(=O)c2cc(C)n(CC3COc4ccccc4O3)c2C)cc1OCC. The normalized spacial score (nSPS) is 14.3.